The van der Waals surface area contributed by atoms with E-state index in [1.807, 2.05) is 0 Å². The van der Waals surface area contributed by atoms with Crippen molar-refractivity contribution < 1.29 is 35.5 Å². The minimum absolute atomic E-state index is 0.0172. The molecule has 38 heavy (non-hydrogen) atoms. The van der Waals surface area contributed by atoms with Crippen LogP contribution in [0.1, 0.15) is 18.5 Å². The van der Waals surface area contributed by atoms with Gasteiger partial charge in [0.15, 0.2) is 0 Å². The van der Waals surface area contributed by atoms with Crippen molar-refractivity contribution in [3.8, 4) is 23.0 Å². The number of nitrogens with zero attached hydrogens (tertiary/aromatic N) is 4. The highest BCUT2D eigenvalue weighted by atomic mass is 32.2. The molecular formula is C24H25F4N5O4S. The van der Waals surface area contributed by atoms with Crippen LogP contribution >= 0.6 is 0 Å². The van der Waals surface area contributed by atoms with Gasteiger partial charge in [-0.05, 0) is 37.1 Å². The molecule has 3 aromatic rings. The molecule has 204 valence electrons. The Morgan fingerprint density at radius 1 is 1.13 bits per heavy atom. The third-order valence-corrected chi connectivity index (χ3v) is 6.14. The summed E-state index contributed by atoms with van der Waals surface area (Å²) in [6, 6.07) is 9.05. The number of ether oxygens (including phenoxy) is 2. The van der Waals surface area contributed by atoms with Crippen molar-refractivity contribution >= 4 is 15.7 Å². The number of likely N-dealkylation sites (tertiary alicyclic amines) is 1. The molecule has 0 spiro atoms. The number of sulfonamides is 1. The molecule has 1 aliphatic rings. The number of pyridine rings is 3. The summed E-state index contributed by atoms with van der Waals surface area (Å²) in [5, 5.41) is 0. The largest absolute Gasteiger partial charge is 0.474 e. The van der Waals surface area contributed by atoms with Crippen molar-refractivity contribution in [2.75, 3.05) is 30.6 Å². The molecule has 0 radical (unpaired) electrons. The first-order valence-corrected chi connectivity index (χ1v) is 13.5. The summed E-state index contributed by atoms with van der Waals surface area (Å²) in [5.74, 6) is -0.654. The third kappa shape index (κ3) is 7.99. The maximum atomic E-state index is 14.7. The number of halogens is 4. The van der Waals surface area contributed by atoms with Crippen LogP contribution < -0.4 is 14.2 Å². The van der Waals surface area contributed by atoms with Crippen molar-refractivity contribution in [2.24, 2.45) is 0 Å². The number of rotatable bonds is 9. The molecule has 9 nitrogen and oxygen atoms in total. The van der Waals surface area contributed by atoms with Gasteiger partial charge in [-0.3, -0.25) is 14.6 Å². The molecule has 0 unspecified atom stereocenters. The van der Waals surface area contributed by atoms with Crippen LogP contribution in [0.5, 0.6) is 11.8 Å². The van der Waals surface area contributed by atoms with E-state index < -0.39 is 28.6 Å². The first-order valence-electron chi connectivity index (χ1n) is 11.6. The number of hydrogen-bond donors (Lipinski definition) is 1. The van der Waals surface area contributed by atoms with Crippen LogP contribution in [0.15, 0.2) is 48.8 Å². The summed E-state index contributed by atoms with van der Waals surface area (Å²) in [7, 11) is -3.73. The van der Waals surface area contributed by atoms with E-state index in [1.165, 1.54) is 23.2 Å². The van der Waals surface area contributed by atoms with E-state index >= 15 is 0 Å². The Labute approximate surface area is 216 Å². The molecule has 0 atom stereocenters. The van der Waals surface area contributed by atoms with Gasteiger partial charge in [-0.25, -0.2) is 22.8 Å². The van der Waals surface area contributed by atoms with Gasteiger partial charge in [-0.1, -0.05) is 6.07 Å². The molecule has 0 aromatic carbocycles. The molecular weight excluding hydrogens is 530 g/mol. The Kier molecular flexibility index (Phi) is 8.31. The van der Waals surface area contributed by atoms with Crippen LogP contribution in [-0.2, 0) is 16.6 Å². The number of alkyl halides is 3. The number of nitrogens with one attached hydrogen (secondary N) is 1. The zero-order chi connectivity index (χ0) is 27.3. The van der Waals surface area contributed by atoms with Crippen LogP contribution in [0.25, 0.3) is 11.3 Å². The van der Waals surface area contributed by atoms with Crippen molar-refractivity contribution in [1.82, 2.24) is 19.9 Å². The predicted octanol–water partition coefficient (Wildman–Crippen LogP) is 4.03. The third-order valence-electron chi connectivity index (χ3n) is 5.55. The lowest BCUT2D eigenvalue weighted by Crippen LogP contribution is -2.42. The summed E-state index contributed by atoms with van der Waals surface area (Å²) in [4.78, 5) is 13.8. The minimum atomic E-state index is -4.26. The SMILES string of the molecule is CS(=O)(=O)Nc1cc(-c2nc(OC3CCN(CC(F)(F)F)CC3)ccc2F)cnc1OCc1ccccn1. The lowest BCUT2D eigenvalue weighted by Gasteiger charge is -2.32. The quantitative estimate of drug-likeness (QED) is 0.395. The van der Waals surface area contributed by atoms with Crippen LogP contribution in [0.2, 0.25) is 0 Å². The monoisotopic (exact) mass is 555 g/mol. The summed E-state index contributed by atoms with van der Waals surface area (Å²) in [6.45, 7) is -0.536. The van der Waals surface area contributed by atoms with E-state index in [0.717, 1.165) is 12.3 Å². The Bertz CT molecular complexity index is 1350. The molecule has 4 rings (SSSR count). The van der Waals surface area contributed by atoms with Gasteiger partial charge >= 0.3 is 6.18 Å². The molecule has 14 heteroatoms. The van der Waals surface area contributed by atoms with Gasteiger partial charge in [0.2, 0.25) is 21.8 Å². The molecule has 4 heterocycles. The topological polar surface area (TPSA) is 107 Å². The fraction of sp³-hybridized carbons (Fsp3) is 0.375. The zero-order valence-electron chi connectivity index (χ0n) is 20.3. The second kappa shape index (κ2) is 11.5. The number of anilines is 1. The van der Waals surface area contributed by atoms with Gasteiger partial charge in [0.05, 0.1) is 18.5 Å². The highest BCUT2D eigenvalue weighted by molar-refractivity contribution is 7.92. The zero-order valence-corrected chi connectivity index (χ0v) is 21.1. The van der Waals surface area contributed by atoms with Gasteiger partial charge in [-0.2, -0.15) is 13.2 Å². The molecule has 0 saturated carbocycles. The second-order valence-electron chi connectivity index (χ2n) is 8.75. The molecule has 0 bridgehead atoms. The highest BCUT2D eigenvalue weighted by Gasteiger charge is 2.33. The fourth-order valence-electron chi connectivity index (χ4n) is 3.90. The van der Waals surface area contributed by atoms with E-state index in [4.69, 9.17) is 9.47 Å². The molecule has 1 N–H and O–H groups in total. The molecule has 1 saturated heterocycles. The van der Waals surface area contributed by atoms with Crippen LogP contribution in [-0.4, -0.2) is 66.4 Å². The van der Waals surface area contributed by atoms with Gasteiger partial charge in [0, 0.05) is 37.1 Å². The first kappa shape index (κ1) is 27.5. The Morgan fingerprint density at radius 2 is 1.89 bits per heavy atom. The van der Waals surface area contributed by atoms with Crippen LogP contribution in [0.4, 0.5) is 23.2 Å². The van der Waals surface area contributed by atoms with Gasteiger partial charge in [-0.15, -0.1) is 0 Å². The van der Waals surface area contributed by atoms with Crippen LogP contribution in [0, 0.1) is 5.82 Å². The van der Waals surface area contributed by atoms with Crippen molar-refractivity contribution in [1.29, 1.82) is 0 Å². The maximum absolute atomic E-state index is 14.7. The van der Waals surface area contributed by atoms with Crippen molar-refractivity contribution in [3.05, 3.63) is 60.3 Å². The normalized spacial score (nSPS) is 15.3. The van der Waals surface area contributed by atoms with Crippen molar-refractivity contribution in [2.45, 2.75) is 31.7 Å². The maximum Gasteiger partial charge on any atom is 0.401 e. The lowest BCUT2D eigenvalue weighted by atomic mass is 10.1. The van der Waals surface area contributed by atoms with E-state index in [0.29, 0.717) is 18.5 Å². The fourth-order valence-corrected chi connectivity index (χ4v) is 4.44. The Balaban J connectivity index is 1.51. The average Bonchev–Trinajstić information content (AvgIpc) is 2.84. The van der Waals surface area contributed by atoms with E-state index in [9.17, 15) is 26.0 Å². The Morgan fingerprint density at radius 3 is 2.55 bits per heavy atom. The summed E-state index contributed by atoms with van der Waals surface area (Å²) >= 11 is 0. The molecule has 0 amide bonds. The summed E-state index contributed by atoms with van der Waals surface area (Å²) < 4.78 is 90.3. The average molecular weight is 556 g/mol. The smallest absolute Gasteiger partial charge is 0.401 e. The standard InChI is InChI=1S/C24H25F4N5O4S/c1-38(34,35)32-20-12-16(13-30-23(20)36-14-17-4-2-3-9-29-17)22-19(25)5-6-21(31-22)37-18-7-10-33(11-8-18)15-24(26,27)28/h2-6,9,12-13,18,32H,7-8,10-11,14-15H2,1H3. The number of aromatic nitrogens is 3. The first-order chi connectivity index (χ1) is 17.9. The van der Waals surface area contributed by atoms with E-state index in [1.54, 1.807) is 24.4 Å². The summed E-state index contributed by atoms with van der Waals surface area (Å²) in [6.07, 6.45) is -0.109. The van der Waals surface area contributed by atoms with Gasteiger partial charge in [0.1, 0.15) is 29.9 Å². The lowest BCUT2D eigenvalue weighted by molar-refractivity contribution is -0.149. The molecule has 3 aromatic heterocycles. The number of piperidine rings is 1. The second-order valence-corrected chi connectivity index (χ2v) is 10.5. The minimum Gasteiger partial charge on any atom is -0.474 e. The predicted molar refractivity (Wildman–Crippen MR) is 131 cm³/mol. The Hall–Kier alpha value is -3.52. The van der Waals surface area contributed by atoms with Crippen LogP contribution in [0.3, 0.4) is 0 Å². The van der Waals surface area contributed by atoms with E-state index in [-0.39, 0.29) is 54.5 Å². The van der Waals surface area contributed by atoms with E-state index in [2.05, 4.69) is 19.7 Å². The van der Waals surface area contributed by atoms with Crippen molar-refractivity contribution in [3.63, 3.8) is 0 Å². The molecule has 0 aliphatic carbocycles. The van der Waals surface area contributed by atoms with Gasteiger partial charge < -0.3 is 9.47 Å². The molecule has 1 aliphatic heterocycles. The highest BCUT2D eigenvalue weighted by Crippen LogP contribution is 2.31. The van der Waals surface area contributed by atoms with Gasteiger partial charge in [0.25, 0.3) is 0 Å². The number of hydrogen-bond acceptors (Lipinski definition) is 8. The summed E-state index contributed by atoms with van der Waals surface area (Å²) in [5.41, 5.74) is 0.581. The molecule has 1 fully saturated rings.